The molecular weight excluding hydrogens is 276 g/mol. The van der Waals surface area contributed by atoms with Gasteiger partial charge in [-0.1, -0.05) is 30.3 Å². The fraction of sp³-hybridized carbons (Fsp3) is 0.667. The van der Waals surface area contributed by atoms with Crippen molar-refractivity contribution in [2.75, 3.05) is 19.3 Å². The van der Waals surface area contributed by atoms with Crippen molar-refractivity contribution < 1.29 is 0 Å². The molecule has 0 radical (unpaired) electrons. The van der Waals surface area contributed by atoms with Gasteiger partial charge in [-0.2, -0.15) is 11.8 Å². The van der Waals surface area contributed by atoms with Gasteiger partial charge in [0.25, 0.3) is 0 Å². The molecule has 2 fully saturated rings. The first kappa shape index (κ1) is 15.4. The zero-order valence-corrected chi connectivity index (χ0v) is 14.3. The van der Waals surface area contributed by atoms with E-state index in [-0.39, 0.29) is 5.54 Å². The Balaban J connectivity index is 1.76. The van der Waals surface area contributed by atoms with Gasteiger partial charge in [0.2, 0.25) is 0 Å². The highest BCUT2D eigenvalue weighted by atomic mass is 32.2. The van der Waals surface area contributed by atoms with Crippen molar-refractivity contribution in [3.8, 4) is 0 Å². The summed E-state index contributed by atoms with van der Waals surface area (Å²) in [6.07, 6.45) is 6.41. The zero-order valence-electron chi connectivity index (χ0n) is 13.5. The third-order valence-electron chi connectivity index (χ3n) is 5.42. The maximum atomic E-state index is 3.79. The second-order valence-corrected chi connectivity index (χ2v) is 8.06. The number of benzene rings is 1. The van der Waals surface area contributed by atoms with Gasteiger partial charge in [0.15, 0.2) is 0 Å². The molecular formula is C18H28N2S. The largest absolute Gasteiger partial charge is 0.305 e. The van der Waals surface area contributed by atoms with Crippen LogP contribution in [0.1, 0.15) is 38.7 Å². The van der Waals surface area contributed by atoms with E-state index in [9.17, 15) is 0 Å². The van der Waals surface area contributed by atoms with Gasteiger partial charge in [0.1, 0.15) is 0 Å². The first-order chi connectivity index (χ1) is 10.1. The van der Waals surface area contributed by atoms with Crippen LogP contribution < -0.4 is 5.32 Å². The first-order valence-corrected chi connectivity index (χ1v) is 9.50. The number of hydrogen-bond donors (Lipinski definition) is 1. The van der Waals surface area contributed by atoms with Crippen molar-refractivity contribution in [3.63, 3.8) is 0 Å². The highest BCUT2D eigenvalue weighted by Gasteiger charge is 2.40. The maximum Gasteiger partial charge on any atom is 0.0535 e. The first-order valence-electron chi connectivity index (χ1n) is 8.21. The molecule has 21 heavy (non-hydrogen) atoms. The summed E-state index contributed by atoms with van der Waals surface area (Å²) in [4.78, 5) is 2.78. The average molecular weight is 305 g/mol. The Labute approximate surface area is 133 Å². The van der Waals surface area contributed by atoms with Gasteiger partial charge >= 0.3 is 0 Å². The van der Waals surface area contributed by atoms with Crippen molar-refractivity contribution in [3.05, 3.63) is 35.9 Å². The van der Waals surface area contributed by atoms with E-state index < -0.39 is 0 Å². The molecule has 1 saturated carbocycles. The fourth-order valence-electron chi connectivity index (χ4n) is 3.99. The summed E-state index contributed by atoms with van der Waals surface area (Å²) >= 11 is 2.06. The lowest BCUT2D eigenvalue weighted by Crippen LogP contribution is -2.62. The molecule has 3 rings (SSSR count). The molecule has 1 heterocycles. The number of nitrogens with one attached hydrogen (secondary N) is 1. The van der Waals surface area contributed by atoms with E-state index in [0.29, 0.717) is 6.04 Å². The summed E-state index contributed by atoms with van der Waals surface area (Å²) in [5.41, 5.74) is 1.51. The minimum atomic E-state index is 0.0885. The van der Waals surface area contributed by atoms with Gasteiger partial charge in [-0.25, -0.2) is 0 Å². The van der Waals surface area contributed by atoms with Crippen LogP contribution in [0.2, 0.25) is 0 Å². The summed E-state index contributed by atoms with van der Waals surface area (Å²) < 4.78 is 0. The van der Waals surface area contributed by atoms with Gasteiger partial charge in [0, 0.05) is 30.4 Å². The minimum absolute atomic E-state index is 0.0885. The van der Waals surface area contributed by atoms with E-state index in [0.717, 1.165) is 24.4 Å². The van der Waals surface area contributed by atoms with Gasteiger partial charge in [0.05, 0.1) is 5.54 Å². The zero-order chi connectivity index (χ0) is 14.9. The van der Waals surface area contributed by atoms with Crippen LogP contribution in [0.3, 0.4) is 0 Å². The Kier molecular flexibility index (Phi) is 4.63. The predicted molar refractivity (Wildman–Crippen MR) is 92.9 cm³/mol. The quantitative estimate of drug-likeness (QED) is 0.920. The van der Waals surface area contributed by atoms with Crippen LogP contribution in [0.5, 0.6) is 0 Å². The van der Waals surface area contributed by atoms with Crippen LogP contribution in [0, 0.1) is 0 Å². The number of hydrogen-bond acceptors (Lipinski definition) is 3. The van der Waals surface area contributed by atoms with Crippen molar-refractivity contribution in [1.29, 1.82) is 0 Å². The highest BCUT2D eigenvalue weighted by Crippen LogP contribution is 2.35. The third kappa shape index (κ3) is 3.15. The summed E-state index contributed by atoms with van der Waals surface area (Å²) in [5, 5.41) is 4.67. The Morgan fingerprint density at radius 3 is 2.67 bits per heavy atom. The lowest BCUT2D eigenvalue weighted by molar-refractivity contribution is 0.0564. The van der Waals surface area contributed by atoms with E-state index in [1.54, 1.807) is 0 Å². The highest BCUT2D eigenvalue weighted by molar-refractivity contribution is 7.99. The number of nitrogens with zero attached hydrogens (tertiary/aromatic N) is 1. The van der Waals surface area contributed by atoms with Crippen LogP contribution in [0.4, 0.5) is 0 Å². The maximum absolute atomic E-state index is 3.79. The summed E-state index contributed by atoms with van der Waals surface area (Å²) in [5.74, 6) is 0. The van der Waals surface area contributed by atoms with Crippen LogP contribution >= 0.6 is 11.8 Å². The molecule has 116 valence electrons. The number of thioether (sulfide) groups is 1. The van der Waals surface area contributed by atoms with Crippen LogP contribution in [-0.2, 0) is 5.54 Å². The van der Waals surface area contributed by atoms with Gasteiger partial charge in [-0.3, -0.25) is 4.90 Å². The predicted octanol–water partition coefficient (Wildman–Crippen LogP) is 3.48. The lowest BCUT2D eigenvalue weighted by Gasteiger charge is -2.48. The molecule has 2 nitrogen and oxygen atoms in total. The van der Waals surface area contributed by atoms with Crippen LogP contribution in [-0.4, -0.2) is 41.6 Å². The van der Waals surface area contributed by atoms with Gasteiger partial charge in [-0.05, 0) is 44.9 Å². The Hall–Kier alpha value is -0.510. The molecule has 0 aromatic heterocycles. The number of piperazine rings is 1. The average Bonchev–Trinajstić information content (AvgIpc) is 3.00. The second kappa shape index (κ2) is 6.31. The topological polar surface area (TPSA) is 15.3 Å². The van der Waals surface area contributed by atoms with Crippen molar-refractivity contribution >= 4 is 11.8 Å². The molecule has 4 unspecified atom stereocenters. The normalized spacial score (nSPS) is 37.8. The number of rotatable bonds is 3. The molecule has 4 atom stereocenters. The van der Waals surface area contributed by atoms with Crippen molar-refractivity contribution in [2.45, 2.75) is 56.0 Å². The van der Waals surface area contributed by atoms with E-state index in [4.69, 9.17) is 0 Å². The Morgan fingerprint density at radius 1 is 1.24 bits per heavy atom. The summed E-state index contributed by atoms with van der Waals surface area (Å²) in [6, 6.07) is 12.4. The molecule has 0 bridgehead atoms. The van der Waals surface area contributed by atoms with Crippen molar-refractivity contribution in [1.82, 2.24) is 10.2 Å². The fourth-order valence-corrected chi connectivity index (χ4v) is 4.77. The van der Waals surface area contributed by atoms with E-state index in [1.165, 1.54) is 24.8 Å². The van der Waals surface area contributed by atoms with Crippen LogP contribution in [0.15, 0.2) is 30.3 Å². The van der Waals surface area contributed by atoms with Crippen LogP contribution in [0.25, 0.3) is 0 Å². The second-order valence-electron chi connectivity index (χ2n) is 6.92. The molecule has 1 aromatic carbocycles. The van der Waals surface area contributed by atoms with E-state index in [2.05, 4.69) is 72.4 Å². The summed E-state index contributed by atoms with van der Waals surface area (Å²) in [6.45, 7) is 6.96. The SMILES string of the molecule is CSC1CCC(N2CC(C)(c3ccccc3)NCC2C)C1. The third-order valence-corrected chi connectivity index (χ3v) is 6.52. The lowest BCUT2D eigenvalue weighted by atomic mass is 9.87. The Morgan fingerprint density at radius 2 is 2.00 bits per heavy atom. The van der Waals surface area contributed by atoms with Gasteiger partial charge in [-0.15, -0.1) is 0 Å². The standard InChI is InChI=1S/C18H28N2S/c1-14-12-19-18(2,15-7-5-4-6-8-15)13-20(14)16-9-10-17(11-16)21-3/h4-8,14,16-17,19H,9-13H2,1-3H3. The molecule has 3 heteroatoms. The van der Waals surface area contributed by atoms with E-state index in [1.807, 2.05) is 0 Å². The molecule has 1 aromatic rings. The Bertz CT molecular complexity index is 464. The smallest absolute Gasteiger partial charge is 0.0535 e. The molecule has 1 aliphatic carbocycles. The molecule has 0 spiro atoms. The van der Waals surface area contributed by atoms with E-state index >= 15 is 0 Å². The van der Waals surface area contributed by atoms with Gasteiger partial charge < -0.3 is 5.32 Å². The molecule has 1 N–H and O–H groups in total. The molecule has 2 aliphatic rings. The molecule has 1 saturated heterocycles. The summed E-state index contributed by atoms with van der Waals surface area (Å²) in [7, 11) is 0. The molecule has 1 aliphatic heterocycles. The molecule has 0 amide bonds. The van der Waals surface area contributed by atoms with Crippen molar-refractivity contribution in [2.24, 2.45) is 0 Å². The minimum Gasteiger partial charge on any atom is -0.305 e. The monoisotopic (exact) mass is 304 g/mol.